The Hall–Kier alpha value is -1.26. The maximum atomic E-state index is 11.8. The van der Waals surface area contributed by atoms with Gasteiger partial charge in [-0.25, -0.2) is 0 Å². The van der Waals surface area contributed by atoms with Crippen LogP contribution in [-0.4, -0.2) is 17.0 Å². The van der Waals surface area contributed by atoms with Crippen LogP contribution in [-0.2, 0) is 9.59 Å². The van der Waals surface area contributed by atoms with Crippen LogP contribution in [0.25, 0.3) is 0 Å². The average molecular weight is 318 g/mol. The van der Waals surface area contributed by atoms with E-state index in [4.69, 9.17) is 28.3 Å². The van der Waals surface area contributed by atoms with E-state index in [0.29, 0.717) is 10.0 Å². The van der Waals surface area contributed by atoms with Crippen LogP contribution in [0.4, 0.5) is 0 Å². The van der Waals surface area contributed by atoms with Crippen LogP contribution in [0.5, 0.6) is 0 Å². The molecule has 1 amide bonds. The first-order valence-electron chi connectivity index (χ1n) is 6.25. The first-order valence-corrected chi connectivity index (χ1v) is 7.01. The van der Waals surface area contributed by atoms with Crippen LogP contribution in [0.3, 0.4) is 0 Å². The Morgan fingerprint density at radius 1 is 1.25 bits per heavy atom. The van der Waals surface area contributed by atoms with Gasteiger partial charge in [-0.1, -0.05) is 36.2 Å². The summed E-state index contributed by atoms with van der Waals surface area (Å²) in [6.45, 7) is 3.54. The molecule has 0 bridgehead atoms. The van der Waals surface area contributed by atoms with Gasteiger partial charge >= 0.3 is 5.97 Å². The van der Waals surface area contributed by atoms with Crippen molar-refractivity contribution < 1.29 is 14.7 Å². The van der Waals surface area contributed by atoms with Gasteiger partial charge in [0.2, 0.25) is 5.91 Å². The Bertz CT molecular complexity index is 505. The van der Waals surface area contributed by atoms with E-state index in [1.165, 1.54) is 0 Å². The summed E-state index contributed by atoms with van der Waals surface area (Å²) < 4.78 is 0. The molecule has 2 atom stereocenters. The Labute approximate surface area is 128 Å². The second-order valence-electron chi connectivity index (χ2n) is 4.86. The molecule has 20 heavy (non-hydrogen) atoms. The highest BCUT2D eigenvalue weighted by atomic mass is 35.5. The molecule has 1 aromatic carbocycles. The maximum Gasteiger partial charge on any atom is 0.303 e. The van der Waals surface area contributed by atoms with E-state index >= 15 is 0 Å². The van der Waals surface area contributed by atoms with E-state index in [1.807, 2.05) is 6.92 Å². The maximum absolute atomic E-state index is 11.8. The molecule has 110 valence electrons. The van der Waals surface area contributed by atoms with E-state index in [1.54, 1.807) is 25.1 Å². The molecule has 2 unspecified atom stereocenters. The average Bonchev–Trinajstić information content (AvgIpc) is 2.26. The van der Waals surface area contributed by atoms with Crippen LogP contribution in [0, 0.1) is 5.92 Å². The lowest BCUT2D eigenvalue weighted by Crippen LogP contribution is -2.28. The number of amides is 1. The first kappa shape index (κ1) is 16.8. The number of aliphatic carboxylic acids is 1. The smallest absolute Gasteiger partial charge is 0.303 e. The largest absolute Gasteiger partial charge is 0.481 e. The highest BCUT2D eigenvalue weighted by Crippen LogP contribution is 2.26. The minimum atomic E-state index is -0.904. The number of carbonyl (C=O) groups is 2. The van der Waals surface area contributed by atoms with Crippen LogP contribution in [0.15, 0.2) is 18.2 Å². The van der Waals surface area contributed by atoms with E-state index in [0.717, 1.165) is 5.56 Å². The summed E-state index contributed by atoms with van der Waals surface area (Å²) in [4.78, 5) is 22.4. The lowest BCUT2D eigenvalue weighted by molar-refractivity contribution is -0.138. The summed E-state index contributed by atoms with van der Waals surface area (Å²) in [5, 5.41) is 12.5. The summed E-state index contributed by atoms with van der Waals surface area (Å²) in [5.74, 6) is -1.31. The van der Waals surface area contributed by atoms with Crippen LogP contribution >= 0.6 is 23.2 Å². The van der Waals surface area contributed by atoms with Gasteiger partial charge in [0.05, 0.1) is 6.04 Å². The fourth-order valence-electron chi connectivity index (χ4n) is 1.92. The molecule has 0 aliphatic heterocycles. The molecule has 2 N–H and O–H groups in total. The molecule has 0 aliphatic carbocycles. The van der Waals surface area contributed by atoms with Crippen molar-refractivity contribution in [3.8, 4) is 0 Å². The topological polar surface area (TPSA) is 66.4 Å². The molecule has 0 aromatic heterocycles. The molecule has 0 saturated heterocycles. The van der Waals surface area contributed by atoms with Gasteiger partial charge in [0.1, 0.15) is 0 Å². The zero-order valence-electron chi connectivity index (χ0n) is 11.3. The molecular weight excluding hydrogens is 301 g/mol. The number of benzene rings is 1. The van der Waals surface area contributed by atoms with E-state index < -0.39 is 5.97 Å². The number of rotatable bonds is 6. The lowest BCUT2D eigenvalue weighted by Gasteiger charge is -2.17. The summed E-state index contributed by atoms with van der Waals surface area (Å²) in [6, 6.07) is 4.83. The Kier molecular flexibility index (Phi) is 6.30. The van der Waals surface area contributed by atoms with Crippen molar-refractivity contribution in [1.29, 1.82) is 0 Å². The van der Waals surface area contributed by atoms with Gasteiger partial charge in [0.15, 0.2) is 0 Å². The quantitative estimate of drug-likeness (QED) is 0.841. The molecule has 0 saturated carbocycles. The number of carbonyl (C=O) groups excluding carboxylic acids is 1. The van der Waals surface area contributed by atoms with Crippen molar-refractivity contribution in [3.05, 3.63) is 33.8 Å². The third-order valence-electron chi connectivity index (χ3n) is 2.86. The van der Waals surface area contributed by atoms with Gasteiger partial charge in [-0.3, -0.25) is 9.59 Å². The Balaban J connectivity index is 2.59. The van der Waals surface area contributed by atoms with Crippen molar-refractivity contribution in [2.45, 2.75) is 32.7 Å². The Morgan fingerprint density at radius 2 is 1.90 bits per heavy atom. The lowest BCUT2D eigenvalue weighted by atomic mass is 10.0. The molecular formula is C14H17Cl2NO3. The number of hydrogen-bond donors (Lipinski definition) is 2. The molecule has 0 heterocycles. The summed E-state index contributed by atoms with van der Waals surface area (Å²) in [7, 11) is 0. The second-order valence-corrected chi connectivity index (χ2v) is 5.71. The van der Waals surface area contributed by atoms with Gasteiger partial charge in [-0.2, -0.15) is 0 Å². The van der Waals surface area contributed by atoms with Gasteiger partial charge in [-0.15, -0.1) is 0 Å². The van der Waals surface area contributed by atoms with Gasteiger partial charge < -0.3 is 10.4 Å². The minimum absolute atomic E-state index is 0.0243. The summed E-state index contributed by atoms with van der Waals surface area (Å²) in [5.41, 5.74) is 0.773. The van der Waals surface area contributed by atoms with E-state index in [-0.39, 0.29) is 30.7 Å². The summed E-state index contributed by atoms with van der Waals surface area (Å²) in [6.07, 6.45) is 0.144. The number of hydrogen-bond acceptors (Lipinski definition) is 2. The van der Waals surface area contributed by atoms with E-state index in [9.17, 15) is 9.59 Å². The van der Waals surface area contributed by atoms with Crippen LogP contribution in [0.2, 0.25) is 10.0 Å². The SMILES string of the molecule is CC(CC(=O)O)CC(=O)NC(C)c1ccc(Cl)cc1Cl. The highest BCUT2D eigenvalue weighted by molar-refractivity contribution is 6.35. The van der Waals surface area contributed by atoms with Crippen LogP contribution < -0.4 is 5.32 Å². The third kappa shape index (κ3) is 5.39. The van der Waals surface area contributed by atoms with Gasteiger partial charge in [-0.05, 0) is 30.5 Å². The van der Waals surface area contributed by atoms with Crippen molar-refractivity contribution in [2.75, 3.05) is 0 Å². The van der Waals surface area contributed by atoms with Crippen molar-refractivity contribution in [3.63, 3.8) is 0 Å². The highest BCUT2D eigenvalue weighted by Gasteiger charge is 2.16. The van der Waals surface area contributed by atoms with Crippen LogP contribution in [0.1, 0.15) is 38.3 Å². The van der Waals surface area contributed by atoms with Gasteiger partial charge in [0.25, 0.3) is 0 Å². The third-order valence-corrected chi connectivity index (χ3v) is 3.43. The van der Waals surface area contributed by atoms with Crippen molar-refractivity contribution in [1.82, 2.24) is 5.32 Å². The molecule has 0 spiro atoms. The molecule has 0 fully saturated rings. The minimum Gasteiger partial charge on any atom is -0.481 e. The predicted octanol–water partition coefficient (Wildman–Crippen LogP) is 3.67. The van der Waals surface area contributed by atoms with Crippen molar-refractivity contribution in [2.24, 2.45) is 5.92 Å². The predicted molar refractivity (Wildman–Crippen MR) is 79.1 cm³/mol. The second kappa shape index (κ2) is 7.50. The Morgan fingerprint density at radius 3 is 2.45 bits per heavy atom. The molecule has 1 aromatic rings. The van der Waals surface area contributed by atoms with E-state index in [2.05, 4.69) is 5.32 Å². The molecule has 6 heteroatoms. The number of carboxylic acids is 1. The fraction of sp³-hybridized carbons (Fsp3) is 0.429. The monoisotopic (exact) mass is 317 g/mol. The molecule has 0 radical (unpaired) electrons. The number of carboxylic acid groups (broad SMARTS) is 1. The van der Waals surface area contributed by atoms with Gasteiger partial charge in [0, 0.05) is 22.9 Å². The number of halogens is 2. The zero-order valence-corrected chi connectivity index (χ0v) is 12.8. The zero-order chi connectivity index (χ0) is 15.3. The molecule has 1 rings (SSSR count). The normalized spacial score (nSPS) is 13.6. The molecule has 0 aliphatic rings. The summed E-state index contributed by atoms with van der Waals surface area (Å²) >= 11 is 11.9. The number of nitrogens with one attached hydrogen (secondary N) is 1. The first-order chi connectivity index (χ1) is 9.29. The molecule has 4 nitrogen and oxygen atoms in total. The fourth-order valence-corrected chi connectivity index (χ4v) is 2.49. The standard InChI is InChI=1S/C14H17Cl2NO3/c1-8(6-14(19)20)5-13(18)17-9(2)11-4-3-10(15)7-12(11)16/h3-4,7-9H,5-6H2,1-2H3,(H,17,18)(H,19,20). The van der Waals surface area contributed by atoms with Crippen molar-refractivity contribution >= 4 is 35.1 Å².